The van der Waals surface area contributed by atoms with Gasteiger partial charge in [-0.2, -0.15) is 13.2 Å². The number of ether oxygens (including phenoxy) is 1. The first-order valence-electron chi connectivity index (χ1n) is 4.59. The lowest BCUT2D eigenvalue weighted by atomic mass is 10.4. The molecule has 0 aliphatic rings. The van der Waals surface area contributed by atoms with Gasteiger partial charge in [-0.25, -0.2) is 4.79 Å². The van der Waals surface area contributed by atoms with Crippen molar-refractivity contribution in [2.24, 2.45) is 0 Å². The Bertz CT molecular complexity index is 243. The maximum Gasteiger partial charge on any atom is 0.405 e. The number of amides is 2. The molecular weight excluding hydrogens is 229 g/mol. The molecule has 0 saturated carbocycles. The second-order valence-corrected chi connectivity index (χ2v) is 2.78. The number of alkyl halides is 3. The first-order valence-corrected chi connectivity index (χ1v) is 4.59. The molecule has 94 valence electrons. The van der Waals surface area contributed by atoms with Crippen molar-refractivity contribution >= 4 is 12.0 Å². The molecule has 0 aromatic carbocycles. The molecule has 0 fully saturated rings. The predicted octanol–water partition coefficient (Wildman–Crippen LogP) is 0.801. The average molecular weight is 242 g/mol. The van der Waals surface area contributed by atoms with Crippen molar-refractivity contribution in [3.8, 4) is 0 Å². The highest BCUT2D eigenvalue weighted by Crippen LogP contribution is 2.11. The van der Waals surface area contributed by atoms with Crippen LogP contribution in [0.25, 0.3) is 0 Å². The summed E-state index contributed by atoms with van der Waals surface area (Å²) in [5, 5.41) is 3.69. The van der Waals surface area contributed by atoms with Crippen molar-refractivity contribution in [2.75, 3.05) is 19.7 Å². The minimum atomic E-state index is -4.45. The molecule has 0 unspecified atom stereocenters. The number of carbonyl (C=O) groups is 2. The summed E-state index contributed by atoms with van der Waals surface area (Å²) >= 11 is 0. The molecule has 0 aromatic rings. The fourth-order valence-electron chi connectivity index (χ4n) is 0.754. The molecule has 0 atom stereocenters. The lowest BCUT2D eigenvalue weighted by Crippen LogP contribution is -2.41. The van der Waals surface area contributed by atoms with Gasteiger partial charge in [-0.3, -0.25) is 4.79 Å². The Hall–Kier alpha value is -1.47. The van der Waals surface area contributed by atoms with E-state index in [1.165, 1.54) is 0 Å². The number of nitrogens with one attached hydrogen (secondary N) is 2. The van der Waals surface area contributed by atoms with Gasteiger partial charge >= 0.3 is 18.2 Å². The molecular formula is C8H13F3N2O3. The molecule has 0 heterocycles. The molecule has 8 heteroatoms. The van der Waals surface area contributed by atoms with E-state index in [2.05, 4.69) is 10.1 Å². The van der Waals surface area contributed by atoms with Gasteiger partial charge in [-0.1, -0.05) is 0 Å². The van der Waals surface area contributed by atoms with Gasteiger partial charge in [-0.05, 0) is 6.92 Å². The van der Waals surface area contributed by atoms with Gasteiger partial charge in [0.2, 0.25) is 0 Å². The summed E-state index contributed by atoms with van der Waals surface area (Å²) in [6, 6.07) is -0.971. The molecule has 0 spiro atoms. The van der Waals surface area contributed by atoms with Crippen molar-refractivity contribution in [1.82, 2.24) is 10.6 Å². The second kappa shape index (κ2) is 6.91. The summed E-state index contributed by atoms with van der Waals surface area (Å²) in [5.41, 5.74) is 0. The van der Waals surface area contributed by atoms with Crippen LogP contribution in [-0.2, 0) is 9.53 Å². The maximum absolute atomic E-state index is 11.7. The summed E-state index contributed by atoms with van der Waals surface area (Å²) in [6.45, 7) is 0.376. The lowest BCUT2D eigenvalue weighted by Gasteiger charge is -2.09. The van der Waals surface area contributed by atoms with Crippen molar-refractivity contribution in [1.29, 1.82) is 0 Å². The third-order valence-electron chi connectivity index (χ3n) is 1.37. The largest absolute Gasteiger partial charge is 0.466 e. The number of carbonyl (C=O) groups excluding carboxylic acids is 2. The molecule has 0 aliphatic heterocycles. The van der Waals surface area contributed by atoms with Crippen LogP contribution in [0.4, 0.5) is 18.0 Å². The number of urea groups is 1. The summed E-state index contributed by atoms with van der Waals surface area (Å²) in [5.74, 6) is -0.515. The summed E-state index contributed by atoms with van der Waals surface area (Å²) in [6.07, 6.45) is -4.52. The summed E-state index contributed by atoms with van der Waals surface area (Å²) in [4.78, 5) is 21.5. The van der Waals surface area contributed by atoms with E-state index in [1.807, 2.05) is 0 Å². The first-order chi connectivity index (χ1) is 7.35. The number of halogens is 3. The molecule has 2 amide bonds. The monoisotopic (exact) mass is 242 g/mol. The van der Waals surface area contributed by atoms with Crippen LogP contribution in [0.2, 0.25) is 0 Å². The van der Waals surface area contributed by atoms with Crippen molar-refractivity contribution in [2.45, 2.75) is 19.5 Å². The molecule has 2 N–H and O–H groups in total. The Balaban J connectivity index is 3.55. The molecule has 0 radical (unpaired) electrons. The van der Waals surface area contributed by atoms with Gasteiger partial charge in [0.1, 0.15) is 6.54 Å². The second-order valence-electron chi connectivity index (χ2n) is 2.78. The Kier molecular flexibility index (Phi) is 6.28. The van der Waals surface area contributed by atoms with Crippen LogP contribution >= 0.6 is 0 Å². The fraction of sp³-hybridized carbons (Fsp3) is 0.750. The zero-order valence-corrected chi connectivity index (χ0v) is 8.69. The highest BCUT2D eigenvalue weighted by atomic mass is 19.4. The Morgan fingerprint density at radius 3 is 2.38 bits per heavy atom. The summed E-state index contributed by atoms with van der Waals surface area (Å²) < 4.78 is 39.5. The van der Waals surface area contributed by atoms with Crippen LogP contribution in [0, 0.1) is 0 Å². The first kappa shape index (κ1) is 14.5. The van der Waals surface area contributed by atoms with E-state index < -0.39 is 24.7 Å². The topological polar surface area (TPSA) is 67.4 Å². The van der Waals surface area contributed by atoms with Gasteiger partial charge in [-0.15, -0.1) is 0 Å². The molecule has 0 aliphatic carbocycles. The lowest BCUT2D eigenvalue weighted by molar-refractivity contribution is -0.143. The predicted molar refractivity (Wildman–Crippen MR) is 48.7 cm³/mol. The third kappa shape index (κ3) is 9.10. The van der Waals surface area contributed by atoms with Crippen LogP contribution < -0.4 is 10.6 Å². The smallest absolute Gasteiger partial charge is 0.405 e. The standard InChI is InChI=1S/C8H13F3N2O3/c1-2-16-6(14)3-4-12-7(15)13-5-8(9,10)11/h2-5H2,1H3,(H2,12,13,15). The normalized spacial score (nSPS) is 10.8. The van der Waals surface area contributed by atoms with E-state index in [4.69, 9.17) is 0 Å². The van der Waals surface area contributed by atoms with E-state index in [-0.39, 0.29) is 19.6 Å². The maximum atomic E-state index is 11.7. The molecule has 0 aromatic heterocycles. The van der Waals surface area contributed by atoms with Crippen LogP contribution in [-0.4, -0.2) is 37.9 Å². The Morgan fingerprint density at radius 2 is 1.88 bits per heavy atom. The minimum absolute atomic E-state index is 0.0669. The molecule has 0 rings (SSSR count). The number of esters is 1. The SMILES string of the molecule is CCOC(=O)CCNC(=O)NCC(F)(F)F. The number of hydrogen-bond acceptors (Lipinski definition) is 3. The average Bonchev–Trinajstić information content (AvgIpc) is 2.14. The summed E-state index contributed by atoms with van der Waals surface area (Å²) in [7, 11) is 0. The van der Waals surface area contributed by atoms with E-state index in [9.17, 15) is 22.8 Å². The van der Waals surface area contributed by atoms with Gasteiger partial charge in [0.15, 0.2) is 0 Å². The van der Waals surface area contributed by atoms with E-state index in [0.29, 0.717) is 0 Å². The minimum Gasteiger partial charge on any atom is -0.466 e. The fourth-order valence-corrected chi connectivity index (χ4v) is 0.754. The van der Waals surface area contributed by atoms with Crippen molar-refractivity contribution in [3.05, 3.63) is 0 Å². The highest BCUT2D eigenvalue weighted by molar-refractivity contribution is 5.75. The zero-order chi connectivity index (χ0) is 12.6. The Labute approximate surface area is 90.3 Å². The number of rotatable bonds is 5. The van der Waals surface area contributed by atoms with Crippen molar-refractivity contribution < 1.29 is 27.5 Å². The zero-order valence-electron chi connectivity index (χ0n) is 8.69. The van der Waals surface area contributed by atoms with Gasteiger partial charge in [0.05, 0.1) is 13.0 Å². The van der Waals surface area contributed by atoms with Crippen LogP contribution in [0.5, 0.6) is 0 Å². The molecule has 0 bridgehead atoms. The molecule has 5 nitrogen and oxygen atoms in total. The van der Waals surface area contributed by atoms with Gasteiger partial charge in [0.25, 0.3) is 0 Å². The van der Waals surface area contributed by atoms with Gasteiger partial charge in [0, 0.05) is 6.54 Å². The van der Waals surface area contributed by atoms with E-state index in [1.54, 1.807) is 12.2 Å². The third-order valence-corrected chi connectivity index (χ3v) is 1.37. The number of hydrogen-bond donors (Lipinski definition) is 2. The van der Waals surface area contributed by atoms with E-state index >= 15 is 0 Å². The Morgan fingerprint density at radius 1 is 1.25 bits per heavy atom. The van der Waals surface area contributed by atoms with Crippen molar-refractivity contribution in [3.63, 3.8) is 0 Å². The quantitative estimate of drug-likeness (QED) is 0.701. The van der Waals surface area contributed by atoms with Crippen LogP contribution in [0.3, 0.4) is 0 Å². The highest BCUT2D eigenvalue weighted by Gasteiger charge is 2.27. The molecule has 16 heavy (non-hydrogen) atoms. The van der Waals surface area contributed by atoms with Crippen LogP contribution in [0.15, 0.2) is 0 Å². The van der Waals surface area contributed by atoms with Gasteiger partial charge < -0.3 is 15.4 Å². The van der Waals surface area contributed by atoms with E-state index in [0.717, 1.165) is 0 Å². The molecule has 0 saturated heterocycles. The van der Waals surface area contributed by atoms with Crippen LogP contribution in [0.1, 0.15) is 13.3 Å².